The predicted octanol–water partition coefficient (Wildman–Crippen LogP) is 1.89. The van der Waals surface area contributed by atoms with Crippen molar-refractivity contribution in [3.05, 3.63) is 28.4 Å². The summed E-state index contributed by atoms with van der Waals surface area (Å²) < 4.78 is 0. The van der Waals surface area contributed by atoms with Crippen LogP contribution in [0.3, 0.4) is 0 Å². The fourth-order valence-corrected chi connectivity index (χ4v) is 2.38. The molecule has 0 saturated carbocycles. The fraction of sp³-hybridized carbons (Fsp3) is 0.583. The van der Waals surface area contributed by atoms with Crippen molar-refractivity contribution in [1.82, 2.24) is 9.88 Å². The Morgan fingerprint density at radius 2 is 2.44 bits per heavy atom. The van der Waals surface area contributed by atoms with Crippen molar-refractivity contribution in [3.63, 3.8) is 0 Å². The van der Waals surface area contributed by atoms with Gasteiger partial charge in [-0.15, -0.1) is 0 Å². The molecule has 6 nitrogen and oxygen atoms in total. The molecule has 98 valence electrons. The lowest BCUT2D eigenvalue weighted by Gasteiger charge is -2.23. The van der Waals surface area contributed by atoms with Crippen molar-refractivity contribution in [3.8, 4) is 0 Å². The van der Waals surface area contributed by atoms with Gasteiger partial charge in [0.25, 0.3) is 0 Å². The topological polar surface area (TPSA) is 71.3 Å². The van der Waals surface area contributed by atoms with Crippen molar-refractivity contribution in [1.29, 1.82) is 0 Å². The second-order valence-electron chi connectivity index (χ2n) is 4.47. The van der Waals surface area contributed by atoms with Gasteiger partial charge in [0, 0.05) is 18.7 Å². The van der Waals surface area contributed by atoms with Gasteiger partial charge in [-0.05, 0) is 41.9 Å². The first-order valence-corrected chi connectivity index (χ1v) is 6.29. The molecule has 1 fully saturated rings. The molecule has 0 amide bonds. The molecular formula is C12H18N4O2. The van der Waals surface area contributed by atoms with E-state index in [1.807, 2.05) is 0 Å². The molecule has 0 spiro atoms. The molecule has 0 unspecified atom stereocenters. The van der Waals surface area contributed by atoms with Crippen LogP contribution in [0.15, 0.2) is 18.3 Å². The summed E-state index contributed by atoms with van der Waals surface area (Å²) in [5.74, 6) is -0.114. The van der Waals surface area contributed by atoms with Crippen LogP contribution in [0.2, 0.25) is 0 Å². The van der Waals surface area contributed by atoms with Gasteiger partial charge in [-0.1, -0.05) is 6.92 Å². The van der Waals surface area contributed by atoms with Crippen LogP contribution in [0.25, 0.3) is 0 Å². The molecule has 2 heterocycles. The summed E-state index contributed by atoms with van der Waals surface area (Å²) in [6.45, 7) is 5.28. The molecule has 18 heavy (non-hydrogen) atoms. The van der Waals surface area contributed by atoms with Crippen molar-refractivity contribution in [2.45, 2.75) is 25.8 Å². The smallest absolute Gasteiger partial charge is 0.363 e. The van der Waals surface area contributed by atoms with Crippen molar-refractivity contribution in [2.75, 3.05) is 25.0 Å². The Bertz CT molecular complexity index is 407. The molecule has 1 aliphatic heterocycles. The van der Waals surface area contributed by atoms with Gasteiger partial charge < -0.3 is 15.4 Å². The number of aromatic nitrogens is 1. The van der Waals surface area contributed by atoms with Gasteiger partial charge in [-0.2, -0.15) is 0 Å². The van der Waals surface area contributed by atoms with Crippen LogP contribution < -0.4 is 5.32 Å². The fourth-order valence-electron chi connectivity index (χ4n) is 2.38. The first-order valence-electron chi connectivity index (χ1n) is 6.29. The van der Waals surface area contributed by atoms with E-state index in [2.05, 4.69) is 22.1 Å². The summed E-state index contributed by atoms with van der Waals surface area (Å²) in [7, 11) is 0. The van der Waals surface area contributed by atoms with Gasteiger partial charge in [0.05, 0.1) is 5.69 Å². The van der Waals surface area contributed by atoms with Gasteiger partial charge in [-0.25, -0.2) is 0 Å². The van der Waals surface area contributed by atoms with E-state index >= 15 is 0 Å². The standard InChI is InChI=1S/C12H18N4O2/c1-2-15-7-3-4-11(15)9-13-10-5-6-12(14-8-10)16(17)18/h5-6,8,11,13H,2-4,7,9H2,1H3/t11-/m0/s1. The summed E-state index contributed by atoms with van der Waals surface area (Å²) in [6, 6.07) is 3.69. The maximum Gasteiger partial charge on any atom is 0.363 e. The van der Waals surface area contributed by atoms with E-state index in [4.69, 9.17) is 0 Å². The third-order valence-corrected chi connectivity index (χ3v) is 3.38. The van der Waals surface area contributed by atoms with E-state index < -0.39 is 4.92 Å². The highest BCUT2D eigenvalue weighted by atomic mass is 16.6. The molecular weight excluding hydrogens is 232 g/mol. The van der Waals surface area contributed by atoms with E-state index in [0.717, 1.165) is 18.8 Å². The molecule has 1 atom stereocenters. The number of hydrogen-bond donors (Lipinski definition) is 1. The maximum atomic E-state index is 10.5. The summed E-state index contributed by atoms with van der Waals surface area (Å²) in [6.07, 6.45) is 3.98. The van der Waals surface area contributed by atoms with Crippen molar-refractivity contribution >= 4 is 11.5 Å². The molecule has 1 aromatic rings. The molecule has 1 N–H and O–H groups in total. The van der Waals surface area contributed by atoms with Crippen LogP contribution in [-0.4, -0.2) is 40.5 Å². The SMILES string of the molecule is CCN1CCC[C@H]1CNc1ccc([N+](=O)[O-])nc1. The van der Waals surface area contributed by atoms with Gasteiger partial charge >= 0.3 is 5.82 Å². The highest BCUT2D eigenvalue weighted by Gasteiger charge is 2.22. The zero-order chi connectivity index (χ0) is 13.0. The van der Waals surface area contributed by atoms with E-state index in [1.165, 1.54) is 31.6 Å². The first kappa shape index (κ1) is 12.8. The van der Waals surface area contributed by atoms with Gasteiger partial charge in [0.15, 0.2) is 6.20 Å². The second-order valence-corrected chi connectivity index (χ2v) is 4.47. The van der Waals surface area contributed by atoms with E-state index in [1.54, 1.807) is 6.07 Å². The molecule has 0 bridgehead atoms. The Morgan fingerprint density at radius 3 is 3.06 bits per heavy atom. The quantitative estimate of drug-likeness (QED) is 0.638. The molecule has 1 aliphatic rings. The average Bonchev–Trinajstić information content (AvgIpc) is 2.84. The number of hydrogen-bond acceptors (Lipinski definition) is 5. The summed E-state index contributed by atoms with van der Waals surface area (Å²) >= 11 is 0. The Balaban J connectivity index is 1.88. The largest absolute Gasteiger partial charge is 0.380 e. The third-order valence-electron chi connectivity index (χ3n) is 3.38. The number of likely N-dealkylation sites (N-methyl/N-ethyl adjacent to an activating group) is 1. The second kappa shape index (κ2) is 5.77. The molecule has 6 heteroatoms. The van der Waals surface area contributed by atoms with Gasteiger partial charge in [-0.3, -0.25) is 4.90 Å². The number of nitrogens with zero attached hydrogens (tertiary/aromatic N) is 3. The molecule has 1 saturated heterocycles. The minimum atomic E-state index is -0.487. The minimum Gasteiger partial charge on any atom is -0.380 e. The van der Waals surface area contributed by atoms with Crippen LogP contribution >= 0.6 is 0 Å². The average molecular weight is 250 g/mol. The lowest BCUT2D eigenvalue weighted by atomic mass is 10.2. The molecule has 0 radical (unpaired) electrons. The van der Waals surface area contributed by atoms with Gasteiger partial charge in [0.1, 0.15) is 0 Å². The summed E-state index contributed by atoms with van der Waals surface area (Å²) in [5, 5.41) is 13.8. The maximum absolute atomic E-state index is 10.5. The Morgan fingerprint density at radius 1 is 1.61 bits per heavy atom. The zero-order valence-electron chi connectivity index (χ0n) is 10.5. The lowest BCUT2D eigenvalue weighted by molar-refractivity contribution is -0.389. The van der Waals surface area contributed by atoms with Crippen LogP contribution in [0.1, 0.15) is 19.8 Å². The number of rotatable bonds is 5. The number of pyridine rings is 1. The molecule has 2 rings (SSSR count). The van der Waals surface area contributed by atoms with Crippen LogP contribution in [0.5, 0.6) is 0 Å². The number of likely N-dealkylation sites (tertiary alicyclic amines) is 1. The van der Waals surface area contributed by atoms with Crippen molar-refractivity contribution < 1.29 is 4.92 Å². The molecule has 0 aliphatic carbocycles. The highest BCUT2D eigenvalue weighted by Crippen LogP contribution is 2.18. The number of nitro groups is 1. The van der Waals surface area contributed by atoms with E-state index in [0.29, 0.717) is 6.04 Å². The van der Waals surface area contributed by atoms with Crippen LogP contribution in [-0.2, 0) is 0 Å². The highest BCUT2D eigenvalue weighted by molar-refractivity contribution is 5.43. The Labute approximate surface area is 106 Å². The molecule has 0 aromatic carbocycles. The van der Waals surface area contributed by atoms with E-state index in [-0.39, 0.29) is 5.82 Å². The normalized spacial score (nSPS) is 19.9. The lowest BCUT2D eigenvalue weighted by Crippen LogP contribution is -2.34. The third kappa shape index (κ3) is 2.95. The van der Waals surface area contributed by atoms with Gasteiger partial charge in [0.2, 0.25) is 0 Å². The number of nitrogens with one attached hydrogen (secondary N) is 1. The minimum absolute atomic E-state index is 0.114. The Hall–Kier alpha value is -1.69. The monoisotopic (exact) mass is 250 g/mol. The van der Waals surface area contributed by atoms with Crippen molar-refractivity contribution in [2.24, 2.45) is 0 Å². The summed E-state index contributed by atoms with van der Waals surface area (Å²) in [4.78, 5) is 16.2. The first-order chi connectivity index (χ1) is 8.70. The van der Waals surface area contributed by atoms with Crippen LogP contribution in [0.4, 0.5) is 11.5 Å². The Kier molecular flexibility index (Phi) is 4.09. The van der Waals surface area contributed by atoms with Crippen LogP contribution in [0, 0.1) is 10.1 Å². The number of anilines is 1. The van der Waals surface area contributed by atoms with E-state index in [9.17, 15) is 10.1 Å². The summed E-state index contributed by atoms with van der Waals surface area (Å²) in [5.41, 5.74) is 0.837. The zero-order valence-corrected chi connectivity index (χ0v) is 10.5. The predicted molar refractivity (Wildman–Crippen MR) is 69.7 cm³/mol. The molecule has 1 aromatic heterocycles.